The van der Waals surface area contributed by atoms with Gasteiger partial charge in [0.25, 0.3) is 0 Å². The van der Waals surface area contributed by atoms with Gasteiger partial charge in [0.1, 0.15) is 0 Å². The summed E-state index contributed by atoms with van der Waals surface area (Å²) >= 11 is 10.8. The third kappa shape index (κ3) is 5.33. The van der Waals surface area contributed by atoms with Crippen molar-refractivity contribution in [1.29, 1.82) is 0 Å². The van der Waals surface area contributed by atoms with Crippen LogP contribution in [0.3, 0.4) is 0 Å². The largest absolute Gasteiger partial charge is 0.155 e. The Labute approximate surface area is 196 Å². The number of hydrogen-bond donors (Lipinski definition) is 0. The lowest BCUT2D eigenvalue weighted by Gasteiger charge is -2.18. The molecule has 1 heterocycles. The minimum absolute atomic E-state index is 0.298. The molecular formula is C24H19Br3N2. The molecule has 1 atom stereocenters. The Morgan fingerprint density at radius 2 is 1.34 bits per heavy atom. The third-order valence-electron chi connectivity index (χ3n) is 5.04. The molecule has 0 saturated heterocycles. The van der Waals surface area contributed by atoms with Gasteiger partial charge in [-0.1, -0.05) is 84.2 Å². The number of halogens is 3. The van der Waals surface area contributed by atoms with Gasteiger partial charge in [-0.3, -0.25) is 0 Å². The van der Waals surface area contributed by atoms with Crippen molar-refractivity contribution < 1.29 is 0 Å². The lowest BCUT2D eigenvalue weighted by atomic mass is 9.86. The van der Waals surface area contributed by atoms with Crippen molar-refractivity contribution in [3.05, 3.63) is 103 Å². The van der Waals surface area contributed by atoms with Crippen molar-refractivity contribution in [2.45, 2.75) is 19.3 Å². The van der Waals surface area contributed by atoms with E-state index < -0.39 is 0 Å². The van der Waals surface area contributed by atoms with Gasteiger partial charge in [0.2, 0.25) is 0 Å². The Kier molecular flexibility index (Phi) is 6.78. The fourth-order valence-corrected chi connectivity index (χ4v) is 4.90. The van der Waals surface area contributed by atoms with Gasteiger partial charge in [-0.25, -0.2) is 0 Å². The Hall–Kier alpha value is -1.56. The lowest BCUT2D eigenvalue weighted by Crippen LogP contribution is -2.18. The summed E-state index contributed by atoms with van der Waals surface area (Å²) in [5, 5.41) is 9.47. The standard InChI is InChI=1S/C24H19Br3N2/c25-20-7-1-4-16(13-20)12-19-10-11-23(17-5-2-8-21(26)14-17)28-29-24(19)18-6-3-9-22(27)15-18/h1-9,13-15,19H,10-12H2. The summed E-state index contributed by atoms with van der Waals surface area (Å²) in [5.74, 6) is 0.298. The molecule has 3 aromatic rings. The normalized spacial score (nSPS) is 16.7. The van der Waals surface area contributed by atoms with E-state index in [1.807, 2.05) is 18.2 Å². The molecule has 29 heavy (non-hydrogen) atoms. The zero-order valence-electron chi connectivity index (χ0n) is 15.7. The van der Waals surface area contributed by atoms with Crippen LogP contribution in [0.25, 0.3) is 0 Å². The zero-order valence-corrected chi connectivity index (χ0v) is 20.4. The van der Waals surface area contributed by atoms with Crippen molar-refractivity contribution in [3.63, 3.8) is 0 Å². The highest BCUT2D eigenvalue weighted by molar-refractivity contribution is 9.11. The predicted octanol–water partition coefficient (Wildman–Crippen LogP) is 7.82. The smallest absolute Gasteiger partial charge is 0.0737 e. The first kappa shape index (κ1) is 20.7. The van der Waals surface area contributed by atoms with Gasteiger partial charge < -0.3 is 0 Å². The zero-order chi connectivity index (χ0) is 20.2. The van der Waals surface area contributed by atoms with Crippen LogP contribution < -0.4 is 0 Å². The Morgan fingerprint density at radius 3 is 2.03 bits per heavy atom. The molecule has 146 valence electrons. The van der Waals surface area contributed by atoms with Gasteiger partial charge in [0, 0.05) is 19.3 Å². The summed E-state index contributed by atoms with van der Waals surface area (Å²) in [6.07, 6.45) is 2.84. The summed E-state index contributed by atoms with van der Waals surface area (Å²) in [6, 6.07) is 25.2. The summed E-state index contributed by atoms with van der Waals surface area (Å²) in [5.41, 5.74) is 5.64. The van der Waals surface area contributed by atoms with Gasteiger partial charge in [-0.15, -0.1) is 0 Å². The first-order chi connectivity index (χ1) is 14.1. The van der Waals surface area contributed by atoms with Crippen LogP contribution >= 0.6 is 47.8 Å². The summed E-state index contributed by atoms with van der Waals surface area (Å²) in [7, 11) is 0. The second-order valence-electron chi connectivity index (χ2n) is 7.12. The van der Waals surface area contributed by atoms with E-state index >= 15 is 0 Å². The van der Waals surface area contributed by atoms with Crippen LogP contribution in [0.1, 0.15) is 29.5 Å². The van der Waals surface area contributed by atoms with E-state index in [0.29, 0.717) is 5.92 Å². The van der Waals surface area contributed by atoms with Crippen molar-refractivity contribution in [2.24, 2.45) is 16.1 Å². The predicted molar refractivity (Wildman–Crippen MR) is 132 cm³/mol. The van der Waals surface area contributed by atoms with Gasteiger partial charge >= 0.3 is 0 Å². The molecule has 1 aliphatic heterocycles. The van der Waals surface area contributed by atoms with Crippen LogP contribution in [0.2, 0.25) is 0 Å². The van der Waals surface area contributed by atoms with Crippen LogP contribution in [-0.2, 0) is 6.42 Å². The van der Waals surface area contributed by atoms with E-state index in [9.17, 15) is 0 Å². The molecule has 4 rings (SSSR count). The van der Waals surface area contributed by atoms with Crippen LogP contribution in [0.4, 0.5) is 0 Å². The van der Waals surface area contributed by atoms with E-state index in [0.717, 1.165) is 55.2 Å². The molecule has 0 fully saturated rings. The minimum Gasteiger partial charge on any atom is -0.155 e. The molecule has 1 unspecified atom stereocenters. The highest BCUT2D eigenvalue weighted by atomic mass is 79.9. The second kappa shape index (κ2) is 9.50. The lowest BCUT2D eigenvalue weighted by molar-refractivity contribution is 0.644. The van der Waals surface area contributed by atoms with E-state index in [4.69, 9.17) is 10.2 Å². The van der Waals surface area contributed by atoms with E-state index in [1.54, 1.807) is 0 Å². The monoisotopic (exact) mass is 572 g/mol. The molecule has 1 aliphatic rings. The maximum absolute atomic E-state index is 4.78. The molecule has 0 amide bonds. The number of benzene rings is 3. The maximum atomic E-state index is 4.78. The fraction of sp³-hybridized carbons (Fsp3) is 0.167. The molecule has 0 bridgehead atoms. The van der Waals surface area contributed by atoms with Gasteiger partial charge in [-0.05, 0) is 72.4 Å². The highest BCUT2D eigenvalue weighted by Crippen LogP contribution is 2.27. The Morgan fingerprint density at radius 1 is 0.724 bits per heavy atom. The van der Waals surface area contributed by atoms with Gasteiger partial charge in [0.15, 0.2) is 0 Å². The fourth-order valence-electron chi connectivity index (χ4n) is 3.65. The van der Waals surface area contributed by atoms with Gasteiger partial charge in [-0.2, -0.15) is 10.2 Å². The number of nitrogens with zero attached hydrogens (tertiary/aromatic N) is 2. The molecule has 0 radical (unpaired) electrons. The molecule has 0 aliphatic carbocycles. The van der Waals surface area contributed by atoms with E-state index in [-0.39, 0.29) is 0 Å². The quantitative estimate of drug-likeness (QED) is 0.303. The molecule has 0 saturated carbocycles. The topological polar surface area (TPSA) is 24.7 Å². The SMILES string of the molecule is Brc1cccc(CC2CCC(c3cccc(Br)c3)=NN=C2c2cccc(Br)c2)c1. The van der Waals surface area contributed by atoms with Crippen LogP contribution in [0.5, 0.6) is 0 Å². The molecule has 2 nitrogen and oxygen atoms in total. The maximum Gasteiger partial charge on any atom is 0.0737 e. The average molecular weight is 575 g/mol. The second-order valence-corrected chi connectivity index (χ2v) is 9.87. The van der Waals surface area contributed by atoms with E-state index in [2.05, 4.69) is 102 Å². The van der Waals surface area contributed by atoms with Crippen LogP contribution in [0.15, 0.2) is 96.4 Å². The van der Waals surface area contributed by atoms with Gasteiger partial charge in [0.05, 0.1) is 11.4 Å². The molecule has 3 aromatic carbocycles. The minimum atomic E-state index is 0.298. The van der Waals surface area contributed by atoms with Crippen LogP contribution in [0, 0.1) is 5.92 Å². The Balaban J connectivity index is 1.71. The van der Waals surface area contributed by atoms with Crippen LogP contribution in [-0.4, -0.2) is 11.4 Å². The van der Waals surface area contributed by atoms with Crippen molar-refractivity contribution in [1.82, 2.24) is 0 Å². The molecular weight excluding hydrogens is 556 g/mol. The first-order valence-corrected chi connectivity index (χ1v) is 11.9. The molecule has 5 heteroatoms. The molecule has 0 spiro atoms. The van der Waals surface area contributed by atoms with Crippen molar-refractivity contribution in [2.75, 3.05) is 0 Å². The summed E-state index contributed by atoms with van der Waals surface area (Å²) in [4.78, 5) is 0. The highest BCUT2D eigenvalue weighted by Gasteiger charge is 2.23. The third-order valence-corrected chi connectivity index (χ3v) is 6.52. The number of rotatable bonds is 4. The number of hydrogen-bond acceptors (Lipinski definition) is 2. The molecule has 0 N–H and O–H groups in total. The van der Waals surface area contributed by atoms with Crippen molar-refractivity contribution in [3.8, 4) is 0 Å². The average Bonchev–Trinajstić information content (AvgIpc) is 2.91. The van der Waals surface area contributed by atoms with Crippen molar-refractivity contribution >= 4 is 59.2 Å². The summed E-state index contributed by atoms with van der Waals surface area (Å²) < 4.78 is 3.22. The first-order valence-electron chi connectivity index (χ1n) is 9.49. The Bertz CT molecular complexity index is 1090. The molecule has 0 aromatic heterocycles. The van der Waals surface area contributed by atoms with E-state index in [1.165, 1.54) is 5.56 Å². The summed E-state index contributed by atoms with van der Waals surface area (Å²) in [6.45, 7) is 0.